The van der Waals surface area contributed by atoms with Crippen LogP contribution in [0.5, 0.6) is 11.5 Å². The molecule has 0 spiro atoms. The molecule has 1 N–H and O–H groups in total. The van der Waals surface area contributed by atoms with Gasteiger partial charge in [0, 0.05) is 43.7 Å². The summed E-state index contributed by atoms with van der Waals surface area (Å²) in [6.45, 7) is 2.62. The van der Waals surface area contributed by atoms with Crippen molar-refractivity contribution in [1.29, 1.82) is 0 Å². The van der Waals surface area contributed by atoms with Crippen molar-refractivity contribution in [1.82, 2.24) is 9.80 Å². The quantitative estimate of drug-likeness (QED) is 0.416. The minimum atomic E-state index is -0.865. The van der Waals surface area contributed by atoms with Crippen molar-refractivity contribution >= 4 is 23.5 Å². The van der Waals surface area contributed by atoms with E-state index < -0.39 is 5.97 Å². The van der Waals surface area contributed by atoms with Crippen molar-refractivity contribution in [3.05, 3.63) is 94.5 Å². The summed E-state index contributed by atoms with van der Waals surface area (Å²) in [5.74, 6) is 0.122. The molecule has 3 aromatic carbocycles. The number of methoxy groups -OCH3 is 1. The Kier molecular flexibility index (Phi) is 9.04. The maximum Gasteiger partial charge on any atom is 0.303 e. The van der Waals surface area contributed by atoms with Gasteiger partial charge >= 0.3 is 5.97 Å². The molecule has 1 fully saturated rings. The molecule has 0 saturated carbocycles. The number of nitrogens with zero attached hydrogens (tertiary/aromatic N) is 2. The number of carbonyl (C=O) groups is 2. The molecule has 3 aromatic rings. The van der Waals surface area contributed by atoms with Crippen molar-refractivity contribution in [2.24, 2.45) is 0 Å². The summed E-state index contributed by atoms with van der Waals surface area (Å²) in [4.78, 5) is 28.0. The number of carboxylic acid groups (broad SMARTS) is 1. The van der Waals surface area contributed by atoms with E-state index in [1.54, 1.807) is 18.2 Å². The monoisotopic (exact) mass is 522 g/mol. The van der Waals surface area contributed by atoms with Gasteiger partial charge in [-0.15, -0.1) is 0 Å². The molecule has 1 unspecified atom stereocenters. The Morgan fingerprint density at radius 3 is 2.27 bits per heavy atom. The molecule has 1 amide bonds. The minimum Gasteiger partial charge on any atom is -0.496 e. The van der Waals surface area contributed by atoms with Crippen LogP contribution < -0.4 is 9.47 Å². The van der Waals surface area contributed by atoms with E-state index in [0.717, 1.165) is 18.7 Å². The third kappa shape index (κ3) is 7.02. The van der Waals surface area contributed by atoms with Gasteiger partial charge in [-0.2, -0.15) is 0 Å². The number of hydrogen-bond donors (Lipinski definition) is 1. The van der Waals surface area contributed by atoms with E-state index in [1.165, 1.54) is 18.2 Å². The molecule has 1 atom stereocenters. The summed E-state index contributed by atoms with van der Waals surface area (Å²) in [5.41, 5.74) is 3.15. The Labute approximate surface area is 222 Å². The van der Waals surface area contributed by atoms with Crippen LogP contribution in [0.1, 0.15) is 29.2 Å². The second-order valence-electron chi connectivity index (χ2n) is 8.94. The predicted octanol–water partition coefficient (Wildman–Crippen LogP) is 4.68. The number of aliphatic carboxylic acids is 1. The number of rotatable bonds is 10. The molecule has 1 saturated heterocycles. The number of carbonyl (C=O) groups excluding carboxylic acids is 1. The molecule has 0 bridgehead atoms. The van der Waals surface area contributed by atoms with Gasteiger partial charge in [0.25, 0.3) is 5.91 Å². The first-order valence-electron chi connectivity index (χ1n) is 12.3. The average Bonchev–Trinajstić information content (AvgIpc) is 2.93. The fourth-order valence-corrected chi connectivity index (χ4v) is 4.75. The van der Waals surface area contributed by atoms with Crippen LogP contribution in [0.15, 0.2) is 72.8 Å². The lowest BCUT2D eigenvalue weighted by molar-refractivity contribution is -0.137. The van der Waals surface area contributed by atoms with Crippen LogP contribution in [0.25, 0.3) is 0 Å². The molecule has 0 radical (unpaired) electrons. The van der Waals surface area contributed by atoms with E-state index in [-0.39, 0.29) is 25.0 Å². The highest BCUT2D eigenvalue weighted by atomic mass is 35.5. The van der Waals surface area contributed by atoms with Crippen LogP contribution >= 0.6 is 11.6 Å². The van der Waals surface area contributed by atoms with Gasteiger partial charge in [-0.3, -0.25) is 14.5 Å². The third-order valence-electron chi connectivity index (χ3n) is 6.56. The van der Waals surface area contributed by atoms with Crippen LogP contribution in [-0.4, -0.2) is 66.7 Å². The normalized spacial score (nSPS) is 14.7. The third-order valence-corrected chi connectivity index (χ3v) is 6.81. The Bertz CT molecular complexity index is 1190. The summed E-state index contributed by atoms with van der Waals surface area (Å²) < 4.78 is 11.1. The lowest BCUT2D eigenvalue weighted by Crippen LogP contribution is -2.51. The van der Waals surface area contributed by atoms with Crippen LogP contribution in [0.2, 0.25) is 5.02 Å². The molecule has 7 nitrogen and oxygen atoms in total. The molecule has 37 heavy (non-hydrogen) atoms. The average molecular weight is 523 g/mol. The summed E-state index contributed by atoms with van der Waals surface area (Å²) in [7, 11) is 1.53. The second kappa shape index (κ2) is 12.6. The highest BCUT2D eigenvalue weighted by Crippen LogP contribution is 2.30. The smallest absolute Gasteiger partial charge is 0.303 e. The van der Waals surface area contributed by atoms with Gasteiger partial charge < -0.3 is 19.5 Å². The molecule has 1 heterocycles. The molecule has 0 aliphatic carbocycles. The number of piperazine rings is 1. The van der Waals surface area contributed by atoms with Crippen molar-refractivity contribution in [2.45, 2.75) is 18.9 Å². The fourth-order valence-electron chi connectivity index (χ4n) is 4.62. The van der Waals surface area contributed by atoms with Crippen molar-refractivity contribution in [3.63, 3.8) is 0 Å². The maximum atomic E-state index is 12.9. The zero-order chi connectivity index (χ0) is 26.2. The van der Waals surface area contributed by atoms with Gasteiger partial charge in [-0.25, -0.2) is 0 Å². The summed E-state index contributed by atoms with van der Waals surface area (Å²) in [5, 5.41) is 9.63. The Morgan fingerprint density at radius 1 is 0.946 bits per heavy atom. The Hall–Kier alpha value is -3.55. The lowest BCUT2D eigenvalue weighted by Gasteiger charge is -2.39. The van der Waals surface area contributed by atoms with Crippen molar-refractivity contribution < 1.29 is 24.2 Å². The van der Waals surface area contributed by atoms with Gasteiger partial charge in [0.1, 0.15) is 11.5 Å². The first kappa shape index (κ1) is 26.5. The Morgan fingerprint density at radius 2 is 1.62 bits per heavy atom. The van der Waals surface area contributed by atoms with Gasteiger partial charge in [0.2, 0.25) is 0 Å². The number of halogens is 1. The standard InChI is InChI=1S/C29H31ClN2O5/c1-36-26-19-25(13-9-21(26)10-14-28(34)35)37-20-27(33)31-15-17-32(18-16-31)29(22-5-3-2-4-6-22)23-7-11-24(30)12-8-23/h2-9,11-13,19,29H,10,14-18,20H2,1H3,(H,34,35). The first-order valence-corrected chi connectivity index (χ1v) is 12.7. The summed E-state index contributed by atoms with van der Waals surface area (Å²) in [6, 6.07) is 23.6. The van der Waals surface area contributed by atoms with E-state index in [9.17, 15) is 9.59 Å². The maximum absolute atomic E-state index is 12.9. The van der Waals surface area contributed by atoms with E-state index in [2.05, 4.69) is 29.2 Å². The molecule has 0 aromatic heterocycles. The number of benzene rings is 3. The van der Waals surface area contributed by atoms with Crippen LogP contribution in [0.3, 0.4) is 0 Å². The number of aryl methyl sites for hydroxylation is 1. The predicted molar refractivity (Wildman–Crippen MR) is 142 cm³/mol. The van der Waals surface area contributed by atoms with Crippen LogP contribution in [0.4, 0.5) is 0 Å². The van der Waals surface area contributed by atoms with Gasteiger partial charge in [-0.1, -0.05) is 60.1 Å². The van der Waals surface area contributed by atoms with E-state index in [1.807, 2.05) is 35.2 Å². The zero-order valence-electron chi connectivity index (χ0n) is 20.8. The van der Waals surface area contributed by atoms with Crippen molar-refractivity contribution in [2.75, 3.05) is 39.9 Å². The van der Waals surface area contributed by atoms with Gasteiger partial charge in [0.15, 0.2) is 6.61 Å². The lowest BCUT2D eigenvalue weighted by atomic mass is 9.96. The van der Waals surface area contributed by atoms with E-state index in [4.69, 9.17) is 26.2 Å². The van der Waals surface area contributed by atoms with Crippen LogP contribution in [-0.2, 0) is 16.0 Å². The topological polar surface area (TPSA) is 79.3 Å². The summed E-state index contributed by atoms with van der Waals surface area (Å²) >= 11 is 6.13. The number of hydrogen-bond acceptors (Lipinski definition) is 5. The summed E-state index contributed by atoms with van der Waals surface area (Å²) in [6.07, 6.45) is 0.381. The zero-order valence-corrected chi connectivity index (χ0v) is 21.6. The molecular weight excluding hydrogens is 492 g/mol. The van der Waals surface area contributed by atoms with Crippen molar-refractivity contribution in [3.8, 4) is 11.5 Å². The number of carboxylic acids is 1. The Balaban J connectivity index is 1.35. The molecule has 8 heteroatoms. The molecule has 1 aliphatic rings. The first-order chi connectivity index (χ1) is 17.9. The molecule has 1 aliphatic heterocycles. The largest absolute Gasteiger partial charge is 0.496 e. The van der Waals surface area contributed by atoms with E-state index in [0.29, 0.717) is 36.0 Å². The van der Waals surface area contributed by atoms with Gasteiger partial charge in [0.05, 0.1) is 13.2 Å². The number of amides is 1. The highest BCUT2D eigenvalue weighted by molar-refractivity contribution is 6.30. The number of ether oxygens (including phenoxy) is 2. The molecule has 4 rings (SSSR count). The SMILES string of the molecule is COc1cc(OCC(=O)N2CCN(C(c3ccccc3)c3ccc(Cl)cc3)CC2)ccc1CCC(=O)O. The van der Waals surface area contributed by atoms with Gasteiger partial charge in [-0.05, 0) is 41.3 Å². The second-order valence-corrected chi connectivity index (χ2v) is 9.37. The minimum absolute atomic E-state index is 0.0180. The molecule has 194 valence electrons. The van der Waals surface area contributed by atoms with Crippen LogP contribution in [0, 0.1) is 0 Å². The van der Waals surface area contributed by atoms with E-state index >= 15 is 0 Å². The highest BCUT2D eigenvalue weighted by Gasteiger charge is 2.28. The molecular formula is C29H31ClN2O5. The fraction of sp³-hybridized carbons (Fsp3) is 0.310.